The largest absolute Gasteiger partial charge is 0.387 e. The Labute approximate surface area is 150 Å². The van der Waals surface area contributed by atoms with Gasteiger partial charge in [0, 0.05) is 26.1 Å². The fraction of sp³-hybridized carbons (Fsp3) is 0.600. The van der Waals surface area contributed by atoms with Crippen LogP contribution >= 0.6 is 0 Å². The van der Waals surface area contributed by atoms with Gasteiger partial charge in [0.1, 0.15) is 0 Å². The second-order valence-corrected chi connectivity index (χ2v) is 6.94. The van der Waals surface area contributed by atoms with Gasteiger partial charge in [-0.25, -0.2) is 0 Å². The predicted octanol–water partition coefficient (Wildman–Crippen LogP) is 2.56. The third-order valence-electron chi connectivity index (χ3n) is 5.02. The van der Waals surface area contributed by atoms with Crippen molar-refractivity contribution in [1.29, 1.82) is 5.26 Å². The second kappa shape index (κ2) is 9.55. The van der Waals surface area contributed by atoms with Crippen molar-refractivity contribution >= 4 is 5.91 Å². The van der Waals surface area contributed by atoms with E-state index in [0.29, 0.717) is 12.1 Å². The van der Waals surface area contributed by atoms with Crippen LogP contribution in [0.4, 0.5) is 0 Å². The van der Waals surface area contributed by atoms with Crippen molar-refractivity contribution in [2.24, 2.45) is 5.92 Å². The summed E-state index contributed by atoms with van der Waals surface area (Å²) in [6, 6.07) is 9.16. The molecule has 0 saturated carbocycles. The topological polar surface area (TPSA) is 67.6 Å². The van der Waals surface area contributed by atoms with E-state index in [0.717, 1.165) is 50.9 Å². The van der Waals surface area contributed by atoms with Gasteiger partial charge in [0.05, 0.1) is 17.7 Å². The van der Waals surface area contributed by atoms with Gasteiger partial charge < -0.3 is 14.9 Å². The van der Waals surface area contributed by atoms with Gasteiger partial charge in [-0.05, 0) is 50.0 Å². The number of hydrogen-bond acceptors (Lipinski definition) is 4. The standard InChI is InChI=1S/C20H29N3O2/c1-3-4-11-22(2)20(25)18-9-12-23(13-10-18)15-19(24)17-7-5-16(14-21)6-8-17/h5-8,18-19,24H,3-4,9-13,15H2,1-2H3. The summed E-state index contributed by atoms with van der Waals surface area (Å²) in [7, 11) is 1.90. The zero-order chi connectivity index (χ0) is 18.2. The number of hydrogen-bond donors (Lipinski definition) is 1. The molecule has 1 amide bonds. The summed E-state index contributed by atoms with van der Waals surface area (Å²) in [4.78, 5) is 16.5. The number of piperidine rings is 1. The first kappa shape index (κ1) is 19.4. The molecule has 5 nitrogen and oxygen atoms in total. The molecule has 25 heavy (non-hydrogen) atoms. The molecule has 0 aliphatic carbocycles. The van der Waals surface area contributed by atoms with Crippen molar-refractivity contribution in [2.75, 3.05) is 33.2 Å². The third kappa shape index (κ3) is 5.55. The Kier molecular flexibility index (Phi) is 7.42. The lowest BCUT2D eigenvalue weighted by Gasteiger charge is -2.34. The number of β-amino-alcohol motifs (C(OH)–C–C–N with tert-alkyl or cyclic N) is 1. The van der Waals surface area contributed by atoms with E-state index in [2.05, 4.69) is 17.9 Å². The molecule has 136 valence electrons. The molecule has 1 atom stereocenters. The molecule has 1 unspecified atom stereocenters. The molecule has 0 aromatic heterocycles. The average molecular weight is 343 g/mol. The molecule has 1 heterocycles. The van der Waals surface area contributed by atoms with Crippen LogP contribution in [0.25, 0.3) is 0 Å². The van der Waals surface area contributed by atoms with Crippen molar-refractivity contribution in [3.63, 3.8) is 0 Å². The fourth-order valence-corrected chi connectivity index (χ4v) is 3.31. The molecular weight excluding hydrogens is 314 g/mol. The number of nitrogens with zero attached hydrogens (tertiary/aromatic N) is 3. The van der Waals surface area contributed by atoms with Crippen molar-refractivity contribution in [2.45, 2.75) is 38.7 Å². The Balaban J connectivity index is 1.79. The SMILES string of the molecule is CCCCN(C)C(=O)C1CCN(CC(O)c2ccc(C#N)cc2)CC1. The number of aliphatic hydroxyl groups is 1. The molecule has 1 aliphatic rings. The lowest BCUT2D eigenvalue weighted by Crippen LogP contribution is -2.42. The number of rotatable bonds is 7. The molecule has 1 N–H and O–H groups in total. The zero-order valence-corrected chi connectivity index (χ0v) is 15.3. The van der Waals surface area contributed by atoms with Gasteiger partial charge in [-0.1, -0.05) is 25.5 Å². The molecule has 5 heteroatoms. The Morgan fingerprint density at radius 3 is 2.56 bits per heavy atom. The van der Waals surface area contributed by atoms with Crippen LogP contribution < -0.4 is 0 Å². The van der Waals surface area contributed by atoms with E-state index in [-0.39, 0.29) is 11.8 Å². The quantitative estimate of drug-likeness (QED) is 0.826. The Hall–Kier alpha value is -1.90. The minimum absolute atomic E-state index is 0.116. The van der Waals surface area contributed by atoms with Gasteiger partial charge in [-0.3, -0.25) is 4.79 Å². The summed E-state index contributed by atoms with van der Waals surface area (Å²) >= 11 is 0. The first-order chi connectivity index (χ1) is 12.0. The normalized spacial score (nSPS) is 17.0. The van der Waals surface area contributed by atoms with Crippen LogP contribution in [0.3, 0.4) is 0 Å². The van der Waals surface area contributed by atoms with Crippen LogP contribution in [0.2, 0.25) is 0 Å². The monoisotopic (exact) mass is 343 g/mol. The van der Waals surface area contributed by atoms with Crippen LogP contribution in [-0.4, -0.2) is 54.0 Å². The molecule has 1 aromatic rings. The van der Waals surface area contributed by atoms with E-state index >= 15 is 0 Å². The highest BCUT2D eigenvalue weighted by Crippen LogP contribution is 2.22. The number of nitriles is 1. The second-order valence-electron chi connectivity index (χ2n) is 6.94. The molecule has 0 spiro atoms. The van der Waals surface area contributed by atoms with Crippen molar-refractivity contribution in [1.82, 2.24) is 9.80 Å². The lowest BCUT2D eigenvalue weighted by molar-refractivity contribution is -0.135. The van der Waals surface area contributed by atoms with E-state index in [4.69, 9.17) is 5.26 Å². The number of unbranched alkanes of at least 4 members (excludes halogenated alkanes) is 1. The smallest absolute Gasteiger partial charge is 0.225 e. The predicted molar refractivity (Wildman–Crippen MR) is 97.8 cm³/mol. The highest BCUT2D eigenvalue weighted by Gasteiger charge is 2.27. The highest BCUT2D eigenvalue weighted by atomic mass is 16.3. The maximum absolute atomic E-state index is 12.4. The molecule has 1 aliphatic heterocycles. The molecule has 1 aromatic carbocycles. The van der Waals surface area contributed by atoms with Gasteiger partial charge in [-0.15, -0.1) is 0 Å². The lowest BCUT2D eigenvalue weighted by atomic mass is 9.94. The van der Waals surface area contributed by atoms with Crippen LogP contribution in [0.1, 0.15) is 49.8 Å². The van der Waals surface area contributed by atoms with Crippen LogP contribution in [0.15, 0.2) is 24.3 Å². The Bertz CT molecular complexity index is 586. The van der Waals surface area contributed by atoms with E-state index in [1.807, 2.05) is 24.1 Å². The fourth-order valence-electron chi connectivity index (χ4n) is 3.31. The third-order valence-corrected chi connectivity index (χ3v) is 5.02. The van der Waals surface area contributed by atoms with Gasteiger partial charge in [0.15, 0.2) is 0 Å². The maximum Gasteiger partial charge on any atom is 0.225 e. The number of benzene rings is 1. The van der Waals surface area contributed by atoms with Crippen molar-refractivity contribution in [3.8, 4) is 6.07 Å². The summed E-state index contributed by atoms with van der Waals surface area (Å²) in [6.45, 7) is 5.22. The van der Waals surface area contributed by atoms with E-state index < -0.39 is 6.10 Å². The highest BCUT2D eigenvalue weighted by molar-refractivity contribution is 5.78. The van der Waals surface area contributed by atoms with Crippen LogP contribution in [0.5, 0.6) is 0 Å². The Morgan fingerprint density at radius 1 is 1.36 bits per heavy atom. The first-order valence-electron chi connectivity index (χ1n) is 9.20. The summed E-state index contributed by atoms with van der Waals surface area (Å²) in [5.41, 5.74) is 1.43. The summed E-state index contributed by atoms with van der Waals surface area (Å²) in [5, 5.41) is 19.2. The van der Waals surface area contributed by atoms with Gasteiger partial charge in [-0.2, -0.15) is 5.26 Å². The minimum Gasteiger partial charge on any atom is -0.387 e. The summed E-state index contributed by atoms with van der Waals surface area (Å²) < 4.78 is 0. The van der Waals surface area contributed by atoms with Crippen molar-refractivity contribution in [3.05, 3.63) is 35.4 Å². The van der Waals surface area contributed by atoms with Gasteiger partial charge in [0.25, 0.3) is 0 Å². The zero-order valence-electron chi connectivity index (χ0n) is 15.3. The molecule has 1 fully saturated rings. The first-order valence-corrected chi connectivity index (χ1v) is 9.20. The average Bonchev–Trinajstić information content (AvgIpc) is 2.66. The Morgan fingerprint density at radius 2 is 2.00 bits per heavy atom. The van der Waals surface area contributed by atoms with E-state index in [9.17, 15) is 9.90 Å². The molecule has 0 radical (unpaired) electrons. The summed E-state index contributed by atoms with van der Waals surface area (Å²) in [5.74, 6) is 0.380. The van der Waals surface area contributed by atoms with Crippen molar-refractivity contribution < 1.29 is 9.90 Å². The number of likely N-dealkylation sites (tertiary alicyclic amines) is 1. The van der Waals surface area contributed by atoms with Crippen LogP contribution in [0, 0.1) is 17.2 Å². The number of carbonyl (C=O) groups excluding carboxylic acids is 1. The maximum atomic E-state index is 12.4. The van der Waals surface area contributed by atoms with E-state index in [1.165, 1.54) is 0 Å². The number of aliphatic hydroxyl groups excluding tert-OH is 1. The minimum atomic E-state index is -0.563. The van der Waals surface area contributed by atoms with Gasteiger partial charge >= 0.3 is 0 Å². The summed E-state index contributed by atoms with van der Waals surface area (Å²) in [6.07, 6.45) is 3.30. The van der Waals surface area contributed by atoms with Gasteiger partial charge in [0.2, 0.25) is 5.91 Å². The number of carbonyl (C=O) groups is 1. The molecule has 1 saturated heterocycles. The van der Waals surface area contributed by atoms with Crippen LogP contribution in [-0.2, 0) is 4.79 Å². The van der Waals surface area contributed by atoms with E-state index in [1.54, 1.807) is 12.1 Å². The molecular formula is C20H29N3O2. The molecule has 2 rings (SSSR count). The molecule has 0 bridgehead atoms. The number of amides is 1.